The zero-order valence-electron chi connectivity index (χ0n) is 66.4. The summed E-state index contributed by atoms with van der Waals surface area (Å²) in [5.41, 5.74) is 17.8. The lowest BCUT2D eigenvalue weighted by Crippen LogP contribution is -2.62. The van der Waals surface area contributed by atoms with Crippen LogP contribution in [0.15, 0.2) is 54.7 Å². The van der Waals surface area contributed by atoms with Crippen molar-refractivity contribution in [1.29, 1.82) is 0 Å². The van der Waals surface area contributed by atoms with E-state index in [1.165, 1.54) is 24.3 Å². The SMILES string of the molecule is CCCCCCCCCC(=O)NC(Cc1c[nH]c2ccccc12)C(=O)NC(CC(N)=O)C(=O)NC(CC(=O)O)C(=O)NC1C(=O)NCC(=O)NC(CCCNC(=O)CCN)C(=O)NC(CC(=O)O)C(=O)NC(C)C(=O)NC(CC(=O)O)C(=O)NCC(=O)NC(CO)C(=O)NC(C(C)CC(=O)O)C(=O)NC(CC(=O)c2ccccc2N)C(=O)OC1C. The summed E-state index contributed by atoms with van der Waals surface area (Å²) in [7, 11) is 0. The molecule has 0 bridgehead atoms. The van der Waals surface area contributed by atoms with Crippen LogP contribution in [0.1, 0.15) is 153 Å². The van der Waals surface area contributed by atoms with Crippen LogP contribution in [0.5, 0.6) is 0 Å². The Morgan fingerprint density at radius 3 is 1.70 bits per heavy atom. The number of nitrogens with two attached hydrogens (primary N) is 3. The number of Topliss-reactive ketones (excluding diaryl/α,β-unsaturated/α-hetero) is 1. The number of para-hydroxylation sites is 2. The second kappa shape index (κ2) is 50.4. The number of carboxylic acids is 4. The molecule has 13 unspecified atom stereocenters. The van der Waals surface area contributed by atoms with Gasteiger partial charge in [-0.05, 0) is 62.8 Å². The number of unbranched alkanes of at least 4 members (excludes halogenated alkanes) is 6. The van der Waals surface area contributed by atoms with Crippen LogP contribution in [0.25, 0.3) is 10.9 Å². The normalized spacial score (nSPS) is 20.7. The first kappa shape index (κ1) is 99.1. The summed E-state index contributed by atoms with van der Waals surface area (Å²) in [6.07, 6.45) is -2.96. The lowest BCUT2D eigenvalue weighted by Gasteiger charge is -2.30. The van der Waals surface area contributed by atoms with E-state index >= 15 is 0 Å². The number of carbonyl (C=O) groups excluding carboxylic acids is 17. The van der Waals surface area contributed by atoms with Gasteiger partial charge in [-0.15, -0.1) is 0 Å². The van der Waals surface area contributed by atoms with Crippen LogP contribution >= 0.6 is 0 Å². The fraction of sp³-hybridized carbons (Fsp3) is 0.533. The number of hydrogen-bond donors (Lipinski definition) is 23. The van der Waals surface area contributed by atoms with E-state index in [9.17, 15) is 126 Å². The van der Waals surface area contributed by atoms with Gasteiger partial charge in [0.2, 0.25) is 88.6 Å². The van der Waals surface area contributed by atoms with E-state index in [0.29, 0.717) is 29.3 Å². The maximum Gasteiger partial charge on any atom is 0.329 e. The van der Waals surface area contributed by atoms with Crippen molar-refractivity contribution >= 4 is 141 Å². The molecule has 2 heterocycles. The van der Waals surface area contributed by atoms with Gasteiger partial charge in [0.05, 0.1) is 51.8 Å². The summed E-state index contributed by atoms with van der Waals surface area (Å²) in [6, 6.07) is -11.0. The average Bonchev–Trinajstić information content (AvgIpc) is 1.68. The number of carbonyl (C=O) groups is 21. The maximum absolute atomic E-state index is 14.9. The number of aromatic nitrogens is 1. The number of ether oxygens (including phenoxy) is 1. The molecule has 658 valence electrons. The summed E-state index contributed by atoms with van der Waals surface area (Å²) in [6.45, 7) is 0.845. The largest absolute Gasteiger partial charge is 0.481 e. The molecule has 1 aliphatic heterocycles. The molecule has 0 saturated carbocycles. The van der Waals surface area contributed by atoms with E-state index in [1.807, 2.05) is 16.0 Å². The highest BCUT2D eigenvalue weighted by molar-refractivity contribution is 6.05. The Bertz CT molecular complexity index is 4210. The highest BCUT2D eigenvalue weighted by Crippen LogP contribution is 2.22. The van der Waals surface area contributed by atoms with Gasteiger partial charge in [-0.25, -0.2) is 4.79 Å². The van der Waals surface area contributed by atoms with Crippen LogP contribution in [0, 0.1) is 5.92 Å². The van der Waals surface area contributed by atoms with Gasteiger partial charge in [-0.2, -0.15) is 0 Å². The molecule has 2 aromatic carbocycles. The molecule has 1 aromatic heterocycles. The third-order valence-electron chi connectivity index (χ3n) is 18.5. The van der Waals surface area contributed by atoms with Gasteiger partial charge in [0.15, 0.2) is 5.78 Å². The number of cyclic esters (lactones) is 1. The number of aliphatic hydroxyl groups excluding tert-OH is 1. The molecule has 45 heteroatoms. The number of aliphatic hydroxyl groups is 1. The number of carboxylic acid groups (broad SMARTS) is 4. The number of ketones is 1. The predicted octanol–water partition coefficient (Wildman–Crippen LogP) is -6.12. The van der Waals surface area contributed by atoms with E-state index in [1.54, 1.807) is 30.5 Å². The second-order valence-corrected chi connectivity index (χ2v) is 28.3. The van der Waals surface area contributed by atoms with Crippen molar-refractivity contribution in [2.24, 2.45) is 17.4 Å². The van der Waals surface area contributed by atoms with E-state index in [0.717, 1.165) is 52.9 Å². The number of amides is 15. The Morgan fingerprint density at radius 1 is 0.542 bits per heavy atom. The van der Waals surface area contributed by atoms with Gasteiger partial charge in [0.1, 0.15) is 72.6 Å². The zero-order valence-corrected chi connectivity index (χ0v) is 66.4. The number of fused-ring (bicyclic) bond motifs is 1. The molecular weight excluding hydrogens is 1580 g/mol. The Kier molecular flexibility index (Phi) is 41.6. The Balaban J connectivity index is 1.91. The third-order valence-corrected chi connectivity index (χ3v) is 18.5. The first-order valence-electron chi connectivity index (χ1n) is 38.5. The maximum atomic E-state index is 14.9. The molecular formula is C75H106N18O27. The van der Waals surface area contributed by atoms with Crippen molar-refractivity contribution in [2.45, 2.75) is 216 Å². The van der Waals surface area contributed by atoms with Gasteiger partial charge < -0.3 is 127 Å². The average molecular weight is 1690 g/mol. The number of anilines is 1. The number of aliphatic carboxylic acids is 4. The van der Waals surface area contributed by atoms with Gasteiger partial charge in [-0.3, -0.25) is 95.9 Å². The van der Waals surface area contributed by atoms with Crippen molar-refractivity contribution in [1.82, 2.24) is 79.4 Å². The zero-order chi connectivity index (χ0) is 89.5. The summed E-state index contributed by atoms with van der Waals surface area (Å²) in [5, 5.41) is 81.3. The van der Waals surface area contributed by atoms with Crippen LogP contribution in [0.3, 0.4) is 0 Å². The number of aromatic amines is 1. The third kappa shape index (κ3) is 34.5. The number of rotatable bonds is 38. The first-order chi connectivity index (χ1) is 56.7. The first-order valence-corrected chi connectivity index (χ1v) is 38.5. The van der Waals surface area contributed by atoms with Crippen molar-refractivity contribution < 1.29 is 131 Å². The number of hydrogen-bond acceptors (Lipinski definition) is 25. The van der Waals surface area contributed by atoms with Crippen molar-refractivity contribution in [3.05, 3.63) is 65.9 Å². The van der Waals surface area contributed by atoms with Crippen LogP contribution in [-0.4, -0.2) is 260 Å². The van der Waals surface area contributed by atoms with Crippen molar-refractivity contribution in [3.63, 3.8) is 0 Å². The topological polar surface area (TPSA) is 731 Å². The molecule has 4 rings (SSSR count). The molecule has 26 N–H and O–H groups in total. The molecule has 1 aliphatic rings. The lowest BCUT2D eigenvalue weighted by atomic mass is 9.96. The minimum atomic E-state index is -2.49. The van der Waals surface area contributed by atoms with Crippen LogP contribution in [0.2, 0.25) is 0 Å². The Morgan fingerprint density at radius 2 is 1.09 bits per heavy atom. The highest BCUT2D eigenvalue weighted by atomic mass is 16.5. The van der Waals surface area contributed by atoms with Crippen molar-refractivity contribution in [3.8, 4) is 0 Å². The van der Waals surface area contributed by atoms with Gasteiger partial charge >= 0.3 is 29.8 Å². The standard InChI is InChI=1S/C75H106N18O27/c1-5-6-7-8-9-10-11-22-56(98)85-46(27-40-33-80-44-20-15-13-17-41(40)44)69(113)88-47(29-54(78)96)70(114)90-50(32-62(107)108)71(115)93-64-39(4)120-75(119)51(28-53(95)42-18-12-14-19-43(42)77)91-74(118)63(37(2)26-59(101)102)92-72(116)52(36-94)86-58(100)34-81-66(110)48(30-60(103)104)87-65(109)38(3)83-68(112)49(31-61(105)106)89-67(111)45(84-57(99)35-82-73(64)117)21-16-25-79-55(97)23-24-76/h12-15,17-20,33,37-39,45-52,63-64,80,94H,5-11,16,21-32,34-36,76-77H2,1-4H3,(H2,78,96)(H,79,97)(H,81,110)(H,82,117)(H,83,112)(H,84,99)(H,85,98)(H,86,100)(H,87,109)(H,88,113)(H,89,111)(H,90,114)(H,91,118)(H,92,116)(H,93,115)(H,101,102)(H,103,104)(H,105,106)(H,107,108). The Hall–Kier alpha value is -13.2. The molecule has 15 amide bonds. The molecule has 1 saturated heterocycles. The minimum Gasteiger partial charge on any atom is -0.481 e. The molecule has 120 heavy (non-hydrogen) atoms. The molecule has 1 fully saturated rings. The Labute approximate surface area is 686 Å². The lowest BCUT2D eigenvalue weighted by molar-refractivity contribution is -0.156. The molecule has 0 spiro atoms. The van der Waals surface area contributed by atoms with E-state index in [2.05, 4.69) is 70.4 Å². The number of nitrogens with one attached hydrogen (secondary N) is 15. The second-order valence-electron chi connectivity index (χ2n) is 28.3. The van der Waals surface area contributed by atoms with Crippen LogP contribution < -0.4 is 91.6 Å². The molecule has 0 aliphatic carbocycles. The monoisotopic (exact) mass is 1690 g/mol. The van der Waals surface area contributed by atoms with E-state index in [4.69, 9.17) is 21.9 Å². The molecule has 45 nitrogen and oxygen atoms in total. The van der Waals surface area contributed by atoms with Gasteiger partial charge in [0.25, 0.3) is 0 Å². The quantitative estimate of drug-likeness (QED) is 0.0110. The van der Waals surface area contributed by atoms with E-state index < -0.39 is 267 Å². The number of primary amides is 1. The molecule has 0 radical (unpaired) electrons. The number of esters is 1. The smallest absolute Gasteiger partial charge is 0.329 e. The minimum absolute atomic E-state index is 0.0283. The summed E-state index contributed by atoms with van der Waals surface area (Å²) >= 11 is 0. The fourth-order valence-corrected chi connectivity index (χ4v) is 12.2. The van der Waals surface area contributed by atoms with Crippen molar-refractivity contribution in [2.75, 3.05) is 38.5 Å². The number of benzene rings is 2. The fourth-order valence-electron chi connectivity index (χ4n) is 12.2. The van der Waals surface area contributed by atoms with Gasteiger partial charge in [-0.1, -0.05) is 82.7 Å². The predicted molar refractivity (Wildman–Crippen MR) is 418 cm³/mol. The highest BCUT2D eigenvalue weighted by Gasteiger charge is 2.41. The van der Waals surface area contributed by atoms with Crippen LogP contribution in [-0.2, 0) is 107 Å². The van der Waals surface area contributed by atoms with Crippen LogP contribution in [0.4, 0.5) is 5.69 Å². The summed E-state index contributed by atoms with van der Waals surface area (Å²) < 4.78 is 5.70. The summed E-state index contributed by atoms with van der Waals surface area (Å²) in [4.78, 5) is 290. The number of H-pyrrole nitrogens is 1. The molecule has 3 aromatic rings. The molecule has 13 atom stereocenters. The van der Waals surface area contributed by atoms with E-state index in [-0.39, 0.29) is 50.0 Å². The van der Waals surface area contributed by atoms with Gasteiger partial charge in [0, 0.05) is 67.1 Å². The summed E-state index contributed by atoms with van der Waals surface area (Å²) in [5.74, 6) is -30.8. The number of nitrogen functional groups attached to an aromatic ring is 1.